The Hall–Kier alpha value is -2.95. The van der Waals surface area contributed by atoms with Gasteiger partial charge in [-0.2, -0.15) is 4.98 Å². The summed E-state index contributed by atoms with van der Waals surface area (Å²) in [6.07, 6.45) is 6.30. The van der Waals surface area contributed by atoms with Crippen LogP contribution in [-0.4, -0.2) is 25.5 Å². The molecule has 152 valence electrons. The third-order valence-electron chi connectivity index (χ3n) is 3.75. The van der Waals surface area contributed by atoms with Crippen molar-refractivity contribution >= 4 is 39.1 Å². The van der Waals surface area contributed by atoms with E-state index in [2.05, 4.69) is 20.6 Å². The zero-order valence-corrected chi connectivity index (χ0v) is 16.8. The minimum Gasteiger partial charge on any atom is -0.495 e. The molecule has 0 spiro atoms. The van der Waals surface area contributed by atoms with Crippen LogP contribution in [-0.2, 0) is 10.0 Å². The summed E-state index contributed by atoms with van der Waals surface area (Å²) >= 11 is 6.08. The number of allylic oxidation sites excluding steroid dienone is 4. The Morgan fingerprint density at radius 2 is 2.14 bits per heavy atom. The molecule has 0 amide bonds. The lowest BCUT2D eigenvalue weighted by molar-refractivity contribution is 0.415. The van der Waals surface area contributed by atoms with E-state index in [1.165, 1.54) is 7.11 Å². The molecule has 0 aliphatic heterocycles. The molecule has 0 bridgehead atoms. The van der Waals surface area contributed by atoms with Crippen molar-refractivity contribution in [2.24, 2.45) is 5.14 Å². The second-order valence-corrected chi connectivity index (χ2v) is 7.82. The van der Waals surface area contributed by atoms with E-state index in [4.69, 9.17) is 21.5 Å². The Kier molecular flexibility index (Phi) is 6.16. The van der Waals surface area contributed by atoms with E-state index >= 15 is 0 Å². The molecule has 3 rings (SSSR count). The highest BCUT2D eigenvalue weighted by molar-refractivity contribution is 7.92. The fourth-order valence-electron chi connectivity index (χ4n) is 2.54. The molecule has 0 saturated carbocycles. The van der Waals surface area contributed by atoms with Crippen molar-refractivity contribution in [3.63, 3.8) is 0 Å². The van der Waals surface area contributed by atoms with Gasteiger partial charge in [-0.25, -0.2) is 22.9 Å². The van der Waals surface area contributed by atoms with Gasteiger partial charge in [0.25, 0.3) is 0 Å². The number of anilines is 3. The van der Waals surface area contributed by atoms with Crippen LogP contribution in [0.3, 0.4) is 0 Å². The Morgan fingerprint density at radius 1 is 1.34 bits per heavy atom. The molecular weight excluding hydrogens is 421 g/mol. The number of rotatable bonds is 6. The Morgan fingerprint density at radius 3 is 2.83 bits per heavy atom. The second kappa shape index (κ2) is 8.60. The van der Waals surface area contributed by atoms with Crippen LogP contribution < -0.4 is 20.5 Å². The number of methoxy groups -OCH3 is 1. The van der Waals surface area contributed by atoms with Gasteiger partial charge in [-0.1, -0.05) is 23.8 Å². The topological polar surface area (TPSA) is 119 Å². The van der Waals surface area contributed by atoms with Gasteiger partial charge in [0.05, 0.1) is 18.3 Å². The lowest BCUT2D eigenvalue weighted by Crippen LogP contribution is -2.11. The number of halogens is 2. The van der Waals surface area contributed by atoms with Gasteiger partial charge in [-0.05, 0) is 29.8 Å². The number of nitrogens with one attached hydrogen (secondary N) is 2. The summed E-state index contributed by atoms with van der Waals surface area (Å²) in [5.41, 5.74) is 1.62. The smallest absolute Gasteiger partial charge is 0.231 e. The molecule has 1 heterocycles. The average molecular weight is 438 g/mol. The van der Waals surface area contributed by atoms with Gasteiger partial charge >= 0.3 is 0 Å². The molecule has 0 radical (unpaired) electrons. The van der Waals surface area contributed by atoms with Gasteiger partial charge in [0, 0.05) is 23.2 Å². The number of sulfonamides is 1. The molecule has 1 aromatic carbocycles. The van der Waals surface area contributed by atoms with E-state index in [-0.39, 0.29) is 18.2 Å². The summed E-state index contributed by atoms with van der Waals surface area (Å²) in [6, 6.07) is 4.88. The summed E-state index contributed by atoms with van der Waals surface area (Å²) in [5, 5.41) is 12.1. The van der Waals surface area contributed by atoms with E-state index in [1.807, 2.05) is 0 Å². The molecule has 0 atom stereocenters. The van der Waals surface area contributed by atoms with Crippen molar-refractivity contribution < 1.29 is 17.5 Å². The third-order valence-corrected chi connectivity index (χ3v) is 4.68. The molecular formula is C18H17ClFN5O3S. The molecule has 0 saturated heterocycles. The maximum Gasteiger partial charge on any atom is 0.231 e. The number of hydrogen-bond acceptors (Lipinski definition) is 7. The summed E-state index contributed by atoms with van der Waals surface area (Å²) in [6.45, 7) is 0. The maximum atomic E-state index is 14.1. The number of nitrogens with zero attached hydrogens (tertiary/aromatic N) is 2. The normalized spacial score (nSPS) is 15.2. The second-order valence-electron chi connectivity index (χ2n) is 6.00. The van der Waals surface area contributed by atoms with Crippen LogP contribution in [0.15, 0.2) is 59.3 Å². The van der Waals surface area contributed by atoms with Gasteiger partial charge in [0.15, 0.2) is 11.6 Å². The quantitative estimate of drug-likeness (QED) is 0.633. The lowest BCUT2D eigenvalue weighted by Gasteiger charge is -2.14. The molecule has 1 aromatic heterocycles. The molecule has 0 unspecified atom stereocenters. The zero-order chi connectivity index (χ0) is 21.0. The highest BCUT2D eigenvalue weighted by atomic mass is 35.5. The lowest BCUT2D eigenvalue weighted by atomic mass is 10.1. The predicted octanol–water partition coefficient (Wildman–Crippen LogP) is 3.45. The number of primary sulfonamides is 1. The van der Waals surface area contributed by atoms with Crippen LogP contribution in [0, 0.1) is 5.82 Å². The van der Waals surface area contributed by atoms with Crippen LogP contribution in [0.25, 0.3) is 0 Å². The molecule has 11 heteroatoms. The zero-order valence-electron chi connectivity index (χ0n) is 15.2. The van der Waals surface area contributed by atoms with Gasteiger partial charge < -0.3 is 15.4 Å². The molecule has 1 aliphatic rings. The first-order valence-electron chi connectivity index (χ1n) is 8.24. The summed E-state index contributed by atoms with van der Waals surface area (Å²) < 4.78 is 41.7. The van der Waals surface area contributed by atoms with Crippen molar-refractivity contribution in [1.82, 2.24) is 9.97 Å². The molecule has 4 N–H and O–H groups in total. The number of nitrogens with two attached hydrogens (primary N) is 1. The summed E-state index contributed by atoms with van der Waals surface area (Å²) in [5.74, 6) is -0.0980. The Balaban J connectivity index is 1.77. The maximum absolute atomic E-state index is 14.1. The first kappa shape index (κ1) is 20.8. The number of benzene rings is 1. The Labute approximate surface area is 172 Å². The van der Waals surface area contributed by atoms with E-state index in [1.54, 1.807) is 36.4 Å². The molecule has 8 nitrogen and oxygen atoms in total. The first-order valence-corrected chi connectivity index (χ1v) is 10.2. The minimum absolute atomic E-state index is 0.0593. The number of hydrogen-bond donors (Lipinski definition) is 3. The van der Waals surface area contributed by atoms with Crippen LogP contribution in [0.1, 0.15) is 6.42 Å². The minimum atomic E-state index is -3.75. The van der Waals surface area contributed by atoms with Gasteiger partial charge in [0.1, 0.15) is 5.75 Å². The van der Waals surface area contributed by atoms with Crippen molar-refractivity contribution in [3.8, 4) is 5.75 Å². The fourth-order valence-corrected chi connectivity index (χ4v) is 3.38. The van der Waals surface area contributed by atoms with Crippen molar-refractivity contribution in [2.45, 2.75) is 6.42 Å². The summed E-state index contributed by atoms with van der Waals surface area (Å²) in [7, 11) is -2.26. The number of ether oxygens (including phenoxy) is 1. The van der Waals surface area contributed by atoms with Crippen molar-refractivity contribution in [2.75, 3.05) is 17.7 Å². The van der Waals surface area contributed by atoms with Gasteiger partial charge in [0.2, 0.25) is 16.0 Å². The van der Waals surface area contributed by atoms with Gasteiger partial charge in [-0.15, -0.1) is 0 Å². The van der Waals surface area contributed by atoms with E-state index < -0.39 is 15.8 Å². The average Bonchev–Trinajstić information content (AvgIpc) is 2.63. The first-order chi connectivity index (χ1) is 13.7. The third kappa shape index (κ3) is 5.76. The van der Waals surface area contributed by atoms with Crippen molar-refractivity contribution in [1.29, 1.82) is 0 Å². The molecule has 29 heavy (non-hydrogen) atoms. The van der Waals surface area contributed by atoms with Gasteiger partial charge in [-0.3, -0.25) is 0 Å². The highest BCUT2D eigenvalue weighted by Gasteiger charge is 2.12. The summed E-state index contributed by atoms with van der Waals surface area (Å²) in [4.78, 5) is 8.03. The SMILES string of the molecule is COc1ccc(Nc2nc(NC3=CC=C/C(=C\S(N)(=O)=O)C3)ncc2F)cc1Cl. The highest BCUT2D eigenvalue weighted by Crippen LogP contribution is 2.29. The van der Waals surface area contributed by atoms with Crippen LogP contribution in [0.5, 0.6) is 5.75 Å². The van der Waals surface area contributed by atoms with Crippen LogP contribution >= 0.6 is 11.6 Å². The predicted molar refractivity (Wildman–Crippen MR) is 110 cm³/mol. The van der Waals surface area contributed by atoms with E-state index in [0.29, 0.717) is 27.7 Å². The number of aromatic nitrogens is 2. The van der Waals surface area contributed by atoms with E-state index in [9.17, 15) is 12.8 Å². The molecule has 1 aliphatic carbocycles. The standard InChI is InChI=1S/C18H17ClFN5O3S/c1-28-16-6-5-13(8-14(16)19)23-17-15(20)9-22-18(25-17)24-12-4-2-3-11(7-12)10-29(21,26)27/h2-6,8-10H,7H2,1H3,(H2,21,26,27)(H2,22,23,24,25)/b11-10+. The van der Waals surface area contributed by atoms with Crippen LogP contribution in [0.4, 0.5) is 21.8 Å². The van der Waals surface area contributed by atoms with Crippen molar-refractivity contribution in [3.05, 3.63) is 70.1 Å². The largest absolute Gasteiger partial charge is 0.495 e. The molecule has 0 fully saturated rings. The van der Waals surface area contributed by atoms with Crippen LogP contribution in [0.2, 0.25) is 5.02 Å². The van der Waals surface area contributed by atoms with E-state index in [0.717, 1.165) is 11.6 Å². The monoisotopic (exact) mass is 437 g/mol. The fraction of sp³-hybridized carbons (Fsp3) is 0.111. The Bertz CT molecular complexity index is 1130. The molecule has 2 aromatic rings.